The molecule has 0 atom stereocenters. The number of amides is 2. The van der Waals surface area contributed by atoms with Gasteiger partial charge < -0.3 is 26.0 Å². The Kier molecular flexibility index (Phi) is 7.04. The number of hydrogen-bond donors (Lipinski definition) is 4. The van der Waals surface area contributed by atoms with Crippen molar-refractivity contribution < 1.29 is 22.7 Å². The molecular weight excluding hydrogens is 415 g/mol. The monoisotopic (exact) mass is 433 g/mol. The zero-order valence-corrected chi connectivity index (χ0v) is 16.0. The Morgan fingerprint density at radius 3 is 2.45 bits per heavy atom. The number of para-hydroxylation sites is 2. The minimum atomic E-state index is -4.86. The van der Waals surface area contributed by atoms with Gasteiger partial charge in [0.05, 0.1) is 17.6 Å². The number of anilines is 4. The zero-order valence-electron chi connectivity index (χ0n) is 16.0. The van der Waals surface area contributed by atoms with E-state index in [9.17, 15) is 18.0 Å². The molecule has 0 saturated heterocycles. The summed E-state index contributed by atoms with van der Waals surface area (Å²) in [6, 6.07) is 11.6. The van der Waals surface area contributed by atoms with Gasteiger partial charge in [0.15, 0.2) is 11.6 Å². The molecule has 4 N–H and O–H groups in total. The predicted molar refractivity (Wildman–Crippen MR) is 108 cm³/mol. The number of nitrogens with one attached hydrogen (secondary N) is 4. The number of benzene rings is 1. The molecule has 12 heteroatoms. The van der Waals surface area contributed by atoms with Gasteiger partial charge in [0, 0.05) is 19.3 Å². The van der Waals surface area contributed by atoms with Crippen molar-refractivity contribution in [1.29, 1.82) is 0 Å². The quantitative estimate of drug-likeness (QED) is 0.400. The second kappa shape index (κ2) is 10.1. The molecule has 0 bridgehead atoms. The normalized spacial score (nSPS) is 10.8. The summed E-state index contributed by atoms with van der Waals surface area (Å²) in [5.41, 5.74) is 0.669. The van der Waals surface area contributed by atoms with E-state index in [0.29, 0.717) is 18.2 Å². The molecule has 2 aromatic heterocycles. The summed E-state index contributed by atoms with van der Waals surface area (Å²) >= 11 is 0. The summed E-state index contributed by atoms with van der Waals surface area (Å²) in [6.07, 6.45) is -1.55. The van der Waals surface area contributed by atoms with Gasteiger partial charge in [-0.1, -0.05) is 12.1 Å². The van der Waals surface area contributed by atoms with Crippen LogP contribution < -0.4 is 26.0 Å². The lowest BCUT2D eigenvalue weighted by atomic mass is 10.3. The number of aromatic nitrogens is 3. The van der Waals surface area contributed by atoms with E-state index in [-0.39, 0.29) is 12.2 Å². The number of halogens is 3. The van der Waals surface area contributed by atoms with Crippen LogP contribution in [0.4, 0.5) is 41.0 Å². The summed E-state index contributed by atoms with van der Waals surface area (Å²) < 4.78 is 41.2. The van der Waals surface area contributed by atoms with E-state index >= 15 is 0 Å². The van der Waals surface area contributed by atoms with E-state index in [1.165, 1.54) is 18.2 Å². The Morgan fingerprint density at radius 1 is 0.968 bits per heavy atom. The lowest BCUT2D eigenvalue weighted by Crippen LogP contribution is -2.33. The molecule has 0 radical (unpaired) electrons. The van der Waals surface area contributed by atoms with Gasteiger partial charge in [-0.2, -0.15) is 0 Å². The smallest absolute Gasteiger partial charge is 0.404 e. The predicted octanol–water partition coefficient (Wildman–Crippen LogP) is 3.75. The first-order valence-electron chi connectivity index (χ1n) is 9.03. The Balaban J connectivity index is 1.41. The van der Waals surface area contributed by atoms with Gasteiger partial charge in [0.1, 0.15) is 5.82 Å². The SMILES string of the molecule is O=C(NCCNc1ccc(Nc2cccnc2)nn1)Nc1ccccc1OC(F)(F)F. The first kappa shape index (κ1) is 21.6. The van der Waals surface area contributed by atoms with Crippen LogP contribution in [0.5, 0.6) is 5.75 Å². The third-order valence-electron chi connectivity index (χ3n) is 3.68. The van der Waals surface area contributed by atoms with Gasteiger partial charge in [0.2, 0.25) is 0 Å². The van der Waals surface area contributed by atoms with E-state index in [2.05, 4.69) is 41.2 Å². The molecular formula is C19H18F3N7O2. The maximum atomic E-state index is 12.4. The number of nitrogens with zero attached hydrogens (tertiary/aromatic N) is 3. The molecule has 0 aliphatic heterocycles. The molecule has 1 aromatic carbocycles. The fourth-order valence-corrected chi connectivity index (χ4v) is 2.39. The maximum Gasteiger partial charge on any atom is 0.573 e. The number of ether oxygens (including phenoxy) is 1. The molecule has 0 fully saturated rings. The number of carbonyl (C=O) groups excluding carboxylic acids is 1. The van der Waals surface area contributed by atoms with Gasteiger partial charge >= 0.3 is 12.4 Å². The van der Waals surface area contributed by atoms with Crippen LogP contribution in [0.3, 0.4) is 0 Å². The summed E-state index contributed by atoms with van der Waals surface area (Å²) in [5, 5.41) is 18.9. The number of alkyl halides is 3. The molecule has 0 aliphatic rings. The van der Waals surface area contributed by atoms with Crippen molar-refractivity contribution in [2.24, 2.45) is 0 Å². The van der Waals surface area contributed by atoms with Crippen LogP contribution in [-0.4, -0.2) is 40.7 Å². The standard InChI is InChI=1S/C19H18F3N7O2/c20-19(21,22)31-15-6-2-1-5-14(15)27-18(30)25-11-10-24-16-7-8-17(29-28-16)26-13-4-3-9-23-12-13/h1-9,12H,10-11H2,(H,24,28)(H,26,29)(H2,25,27,30). The van der Waals surface area contributed by atoms with Crippen LogP contribution in [-0.2, 0) is 0 Å². The average molecular weight is 433 g/mol. The molecule has 9 nitrogen and oxygen atoms in total. The molecule has 0 unspecified atom stereocenters. The van der Waals surface area contributed by atoms with Crippen molar-refractivity contribution in [2.45, 2.75) is 6.36 Å². The summed E-state index contributed by atoms with van der Waals surface area (Å²) in [7, 11) is 0. The van der Waals surface area contributed by atoms with Crippen LogP contribution in [0.25, 0.3) is 0 Å². The number of carbonyl (C=O) groups is 1. The van der Waals surface area contributed by atoms with Crippen LogP contribution in [0.15, 0.2) is 60.9 Å². The summed E-state index contributed by atoms with van der Waals surface area (Å²) in [5.74, 6) is 0.525. The van der Waals surface area contributed by atoms with Gasteiger partial charge in [0.25, 0.3) is 0 Å². The van der Waals surface area contributed by atoms with E-state index in [1.54, 1.807) is 30.6 Å². The highest BCUT2D eigenvalue weighted by atomic mass is 19.4. The van der Waals surface area contributed by atoms with Gasteiger partial charge in [-0.15, -0.1) is 23.4 Å². The molecule has 2 amide bonds. The Labute approximate surface area is 175 Å². The summed E-state index contributed by atoms with van der Waals surface area (Å²) in [6.45, 7) is 0.504. The van der Waals surface area contributed by atoms with Crippen LogP contribution in [0, 0.1) is 0 Å². The fourth-order valence-electron chi connectivity index (χ4n) is 2.39. The van der Waals surface area contributed by atoms with Gasteiger partial charge in [-0.3, -0.25) is 4.98 Å². The fraction of sp³-hybridized carbons (Fsp3) is 0.158. The second-order valence-corrected chi connectivity index (χ2v) is 6.02. The lowest BCUT2D eigenvalue weighted by molar-refractivity contribution is -0.274. The van der Waals surface area contributed by atoms with Crippen LogP contribution in [0.1, 0.15) is 0 Å². The molecule has 0 spiro atoms. The largest absolute Gasteiger partial charge is 0.573 e. The average Bonchev–Trinajstić information content (AvgIpc) is 2.73. The highest BCUT2D eigenvalue weighted by Crippen LogP contribution is 2.29. The zero-order chi connectivity index (χ0) is 22.1. The van der Waals surface area contributed by atoms with E-state index in [1.807, 2.05) is 6.07 Å². The highest BCUT2D eigenvalue weighted by molar-refractivity contribution is 5.90. The number of urea groups is 1. The van der Waals surface area contributed by atoms with Crippen molar-refractivity contribution in [3.8, 4) is 5.75 Å². The maximum absolute atomic E-state index is 12.4. The Bertz CT molecular complexity index is 986. The van der Waals surface area contributed by atoms with Crippen molar-refractivity contribution in [2.75, 3.05) is 29.0 Å². The number of pyridine rings is 1. The molecule has 0 saturated carbocycles. The second-order valence-electron chi connectivity index (χ2n) is 6.02. The van der Waals surface area contributed by atoms with Crippen LogP contribution >= 0.6 is 0 Å². The first-order chi connectivity index (χ1) is 14.9. The highest BCUT2D eigenvalue weighted by Gasteiger charge is 2.32. The minimum Gasteiger partial charge on any atom is -0.404 e. The van der Waals surface area contributed by atoms with E-state index < -0.39 is 18.1 Å². The minimum absolute atomic E-state index is 0.104. The molecule has 162 valence electrons. The summed E-state index contributed by atoms with van der Waals surface area (Å²) in [4.78, 5) is 15.9. The van der Waals surface area contributed by atoms with Crippen molar-refractivity contribution in [3.05, 3.63) is 60.9 Å². The van der Waals surface area contributed by atoms with Crippen molar-refractivity contribution >= 4 is 29.0 Å². The Hall–Kier alpha value is -4.09. The van der Waals surface area contributed by atoms with Gasteiger partial charge in [-0.25, -0.2) is 4.79 Å². The Morgan fingerprint density at radius 2 is 1.74 bits per heavy atom. The molecule has 31 heavy (non-hydrogen) atoms. The van der Waals surface area contributed by atoms with Crippen LogP contribution in [0.2, 0.25) is 0 Å². The lowest BCUT2D eigenvalue weighted by Gasteiger charge is -2.14. The van der Waals surface area contributed by atoms with Crippen molar-refractivity contribution in [1.82, 2.24) is 20.5 Å². The molecule has 3 rings (SSSR count). The third-order valence-corrected chi connectivity index (χ3v) is 3.68. The number of rotatable bonds is 8. The van der Waals surface area contributed by atoms with Crippen molar-refractivity contribution in [3.63, 3.8) is 0 Å². The van der Waals surface area contributed by atoms with Gasteiger partial charge in [-0.05, 0) is 36.4 Å². The number of hydrogen-bond acceptors (Lipinski definition) is 7. The molecule has 3 aromatic rings. The third kappa shape index (κ3) is 7.34. The van der Waals surface area contributed by atoms with E-state index in [0.717, 1.165) is 11.8 Å². The molecule has 0 aliphatic carbocycles. The van der Waals surface area contributed by atoms with E-state index in [4.69, 9.17) is 0 Å². The first-order valence-corrected chi connectivity index (χ1v) is 9.03. The topological polar surface area (TPSA) is 113 Å². The molecule has 2 heterocycles.